The van der Waals surface area contributed by atoms with Crippen LogP contribution in [0.4, 0.5) is 5.69 Å². The van der Waals surface area contributed by atoms with E-state index < -0.39 is 0 Å². The maximum Gasteiger partial charge on any atom is 0.256 e. The van der Waals surface area contributed by atoms with Crippen molar-refractivity contribution >= 4 is 23.4 Å². The van der Waals surface area contributed by atoms with Gasteiger partial charge in [-0.25, -0.2) is 0 Å². The van der Waals surface area contributed by atoms with Crippen molar-refractivity contribution in [2.45, 2.75) is 23.6 Å². The van der Waals surface area contributed by atoms with Crippen LogP contribution < -0.4 is 5.32 Å². The molecule has 0 aliphatic heterocycles. The van der Waals surface area contributed by atoms with Crippen LogP contribution in [-0.4, -0.2) is 5.91 Å². The second-order valence-corrected chi connectivity index (χ2v) is 7.06. The van der Waals surface area contributed by atoms with E-state index in [4.69, 9.17) is 0 Å². The molecule has 0 atom stereocenters. The third-order valence-corrected chi connectivity index (χ3v) is 5.14. The minimum absolute atomic E-state index is 0.158. The molecule has 3 aromatic carbocycles. The monoisotopic (exact) mass is 358 g/mol. The number of nitrogens with zero attached hydrogens (tertiary/aromatic N) is 1. The van der Waals surface area contributed by atoms with Gasteiger partial charge in [-0.1, -0.05) is 53.7 Å². The van der Waals surface area contributed by atoms with Crippen LogP contribution in [0.3, 0.4) is 0 Å². The van der Waals surface area contributed by atoms with Gasteiger partial charge in [-0.2, -0.15) is 5.26 Å². The number of anilines is 1. The zero-order valence-electron chi connectivity index (χ0n) is 14.6. The molecular weight excluding hydrogens is 340 g/mol. The molecule has 0 heterocycles. The summed E-state index contributed by atoms with van der Waals surface area (Å²) < 4.78 is 0. The van der Waals surface area contributed by atoms with Gasteiger partial charge in [-0.15, -0.1) is 0 Å². The van der Waals surface area contributed by atoms with E-state index in [2.05, 4.69) is 11.4 Å². The lowest BCUT2D eigenvalue weighted by molar-refractivity contribution is 0.102. The molecule has 128 valence electrons. The fraction of sp³-hybridized carbons (Fsp3) is 0.0909. The molecule has 0 spiro atoms. The summed E-state index contributed by atoms with van der Waals surface area (Å²) in [4.78, 5) is 14.5. The van der Waals surface area contributed by atoms with Gasteiger partial charge in [0.25, 0.3) is 5.91 Å². The van der Waals surface area contributed by atoms with Gasteiger partial charge in [0.1, 0.15) is 6.07 Å². The number of rotatable bonds is 4. The summed E-state index contributed by atoms with van der Waals surface area (Å²) in [5, 5.41) is 12.3. The Morgan fingerprint density at radius 2 is 1.65 bits per heavy atom. The standard InChI is InChI=1S/C22H18N2OS/c1-15-11-12-19(16(2)13-15)24-22(25)18-8-4-6-10-21(18)26-20-9-5-3-7-17(20)14-23/h3-13H,1-2H3,(H,24,25). The normalized spacial score (nSPS) is 10.2. The SMILES string of the molecule is Cc1ccc(NC(=O)c2ccccc2Sc2ccccc2C#N)c(C)c1. The zero-order valence-corrected chi connectivity index (χ0v) is 15.4. The lowest BCUT2D eigenvalue weighted by Gasteiger charge is -2.12. The lowest BCUT2D eigenvalue weighted by Crippen LogP contribution is -2.13. The van der Waals surface area contributed by atoms with Crippen LogP contribution in [0.1, 0.15) is 27.0 Å². The average molecular weight is 358 g/mol. The molecule has 3 rings (SSSR count). The Morgan fingerprint density at radius 3 is 2.38 bits per heavy atom. The van der Waals surface area contributed by atoms with E-state index in [9.17, 15) is 10.1 Å². The fourth-order valence-corrected chi connectivity index (χ4v) is 3.68. The van der Waals surface area contributed by atoms with E-state index in [0.717, 1.165) is 26.6 Å². The van der Waals surface area contributed by atoms with Gasteiger partial charge in [-0.3, -0.25) is 4.79 Å². The Bertz CT molecular complexity index is 1010. The number of carbonyl (C=O) groups excluding carboxylic acids is 1. The Balaban J connectivity index is 1.89. The molecule has 0 aromatic heterocycles. The van der Waals surface area contributed by atoms with Crippen LogP contribution in [0.2, 0.25) is 0 Å². The van der Waals surface area contributed by atoms with Crippen molar-refractivity contribution in [3.8, 4) is 6.07 Å². The summed E-state index contributed by atoms with van der Waals surface area (Å²) in [7, 11) is 0. The number of amides is 1. The summed E-state index contributed by atoms with van der Waals surface area (Å²) in [5.41, 5.74) is 4.17. The maximum absolute atomic E-state index is 12.8. The van der Waals surface area contributed by atoms with Gasteiger partial charge in [0.15, 0.2) is 0 Å². The fourth-order valence-electron chi connectivity index (χ4n) is 2.65. The number of nitriles is 1. The van der Waals surface area contributed by atoms with Crippen molar-refractivity contribution in [1.29, 1.82) is 5.26 Å². The Hall–Kier alpha value is -3.03. The van der Waals surface area contributed by atoms with E-state index in [1.54, 1.807) is 12.1 Å². The highest BCUT2D eigenvalue weighted by Crippen LogP contribution is 2.33. The van der Waals surface area contributed by atoms with Crippen molar-refractivity contribution in [3.05, 3.63) is 89.0 Å². The molecule has 0 aliphatic rings. The first-order valence-corrected chi connectivity index (χ1v) is 9.05. The third kappa shape index (κ3) is 3.96. The second-order valence-electron chi connectivity index (χ2n) is 5.98. The molecule has 0 aliphatic carbocycles. The summed E-state index contributed by atoms with van der Waals surface area (Å²) >= 11 is 1.43. The van der Waals surface area contributed by atoms with Crippen molar-refractivity contribution in [2.75, 3.05) is 5.32 Å². The highest BCUT2D eigenvalue weighted by molar-refractivity contribution is 7.99. The second kappa shape index (κ2) is 7.90. The molecular formula is C22H18N2OS. The van der Waals surface area contributed by atoms with Gasteiger partial charge in [0.2, 0.25) is 0 Å². The first-order chi connectivity index (χ1) is 12.6. The van der Waals surface area contributed by atoms with Crippen molar-refractivity contribution in [1.82, 2.24) is 0 Å². The zero-order chi connectivity index (χ0) is 18.5. The molecule has 0 fully saturated rings. The molecule has 1 N–H and O–H groups in total. The molecule has 0 saturated heterocycles. The molecule has 0 unspecified atom stereocenters. The van der Waals surface area contributed by atoms with E-state index >= 15 is 0 Å². The number of hydrogen-bond donors (Lipinski definition) is 1. The predicted octanol–water partition coefficient (Wildman–Crippen LogP) is 5.58. The van der Waals surface area contributed by atoms with E-state index in [0.29, 0.717) is 11.1 Å². The molecule has 3 aromatic rings. The predicted molar refractivity (Wildman–Crippen MR) is 106 cm³/mol. The Labute approximate surface area is 157 Å². The van der Waals surface area contributed by atoms with Gasteiger partial charge in [0.05, 0.1) is 11.1 Å². The Morgan fingerprint density at radius 1 is 0.962 bits per heavy atom. The van der Waals surface area contributed by atoms with Gasteiger partial charge >= 0.3 is 0 Å². The minimum atomic E-state index is -0.158. The van der Waals surface area contributed by atoms with Crippen LogP contribution in [0.5, 0.6) is 0 Å². The molecule has 0 radical (unpaired) electrons. The lowest BCUT2D eigenvalue weighted by atomic mass is 10.1. The van der Waals surface area contributed by atoms with Gasteiger partial charge < -0.3 is 5.32 Å². The number of hydrogen-bond acceptors (Lipinski definition) is 3. The van der Waals surface area contributed by atoms with E-state index in [1.165, 1.54) is 11.8 Å². The summed E-state index contributed by atoms with van der Waals surface area (Å²) in [5.74, 6) is -0.158. The van der Waals surface area contributed by atoms with Crippen LogP contribution >= 0.6 is 11.8 Å². The summed E-state index contributed by atoms with van der Waals surface area (Å²) in [6.07, 6.45) is 0. The topological polar surface area (TPSA) is 52.9 Å². The largest absolute Gasteiger partial charge is 0.322 e. The van der Waals surface area contributed by atoms with Crippen LogP contribution in [0.15, 0.2) is 76.5 Å². The molecule has 26 heavy (non-hydrogen) atoms. The molecule has 3 nitrogen and oxygen atoms in total. The number of aryl methyl sites for hydroxylation is 2. The van der Waals surface area contributed by atoms with Crippen LogP contribution in [0, 0.1) is 25.2 Å². The summed E-state index contributed by atoms with van der Waals surface area (Å²) in [6, 6.07) is 23.0. The van der Waals surface area contributed by atoms with E-state index in [-0.39, 0.29) is 5.91 Å². The number of nitrogens with one attached hydrogen (secondary N) is 1. The minimum Gasteiger partial charge on any atom is -0.322 e. The molecule has 0 bridgehead atoms. The van der Waals surface area contributed by atoms with Gasteiger partial charge in [-0.05, 0) is 49.7 Å². The molecule has 0 saturated carbocycles. The van der Waals surface area contributed by atoms with Crippen molar-refractivity contribution in [2.24, 2.45) is 0 Å². The van der Waals surface area contributed by atoms with Crippen LogP contribution in [-0.2, 0) is 0 Å². The first-order valence-electron chi connectivity index (χ1n) is 8.23. The molecule has 1 amide bonds. The van der Waals surface area contributed by atoms with Gasteiger partial charge in [0, 0.05) is 15.5 Å². The third-order valence-electron chi connectivity index (χ3n) is 3.99. The summed E-state index contributed by atoms with van der Waals surface area (Å²) in [6.45, 7) is 4.00. The average Bonchev–Trinajstić information content (AvgIpc) is 2.65. The highest BCUT2D eigenvalue weighted by atomic mass is 32.2. The quantitative estimate of drug-likeness (QED) is 0.662. The van der Waals surface area contributed by atoms with E-state index in [1.807, 2.05) is 68.4 Å². The molecule has 4 heteroatoms. The van der Waals surface area contributed by atoms with Crippen molar-refractivity contribution in [3.63, 3.8) is 0 Å². The van der Waals surface area contributed by atoms with Crippen LogP contribution in [0.25, 0.3) is 0 Å². The highest BCUT2D eigenvalue weighted by Gasteiger charge is 2.14. The Kier molecular flexibility index (Phi) is 5.40. The number of carbonyl (C=O) groups is 1. The maximum atomic E-state index is 12.8. The first kappa shape index (κ1) is 17.8. The number of benzene rings is 3. The van der Waals surface area contributed by atoms with Crippen molar-refractivity contribution < 1.29 is 4.79 Å². The smallest absolute Gasteiger partial charge is 0.256 e.